The Labute approximate surface area is 114 Å². The molecule has 0 radical (unpaired) electrons. The molecule has 114 valence electrons. The number of unbranched alkanes of at least 4 members (excludes halogenated alkanes) is 1. The SMILES string of the molecule is CC=CCCCC(=O)OC(CO[N+](=O)[O-])CO[N+](=O)[O-]. The summed E-state index contributed by atoms with van der Waals surface area (Å²) in [5.41, 5.74) is 0. The Balaban J connectivity index is 4.13. The van der Waals surface area contributed by atoms with Crippen LogP contribution in [0.25, 0.3) is 0 Å². The third-order valence-electron chi connectivity index (χ3n) is 2.02. The molecule has 0 saturated carbocycles. The number of ether oxygens (including phenoxy) is 1. The zero-order valence-corrected chi connectivity index (χ0v) is 10.9. The molecular weight excluding hydrogens is 276 g/mol. The molecule has 0 aromatic carbocycles. The van der Waals surface area contributed by atoms with E-state index >= 15 is 0 Å². The van der Waals surface area contributed by atoms with Crippen molar-refractivity contribution in [1.82, 2.24) is 0 Å². The lowest BCUT2D eigenvalue weighted by Crippen LogP contribution is -2.30. The van der Waals surface area contributed by atoms with Gasteiger partial charge in [-0.2, -0.15) is 0 Å². The number of nitrogens with zero attached hydrogens (tertiary/aromatic N) is 2. The molecule has 0 aromatic rings. The molecule has 0 aromatic heterocycles. The number of rotatable bonds is 11. The molecule has 0 fully saturated rings. The zero-order chi connectivity index (χ0) is 15.4. The zero-order valence-electron chi connectivity index (χ0n) is 10.9. The summed E-state index contributed by atoms with van der Waals surface area (Å²) in [6.45, 7) is 0.598. The monoisotopic (exact) mass is 292 g/mol. The van der Waals surface area contributed by atoms with Gasteiger partial charge in [0.05, 0.1) is 0 Å². The largest absolute Gasteiger partial charge is 0.458 e. The van der Waals surface area contributed by atoms with E-state index in [0.29, 0.717) is 12.8 Å². The van der Waals surface area contributed by atoms with Gasteiger partial charge >= 0.3 is 5.97 Å². The van der Waals surface area contributed by atoms with Crippen LogP contribution in [0.1, 0.15) is 26.2 Å². The first kappa shape index (κ1) is 17.6. The molecule has 10 nitrogen and oxygen atoms in total. The summed E-state index contributed by atoms with van der Waals surface area (Å²) in [5, 5.41) is 17.9. The maximum Gasteiger partial charge on any atom is 0.306 e. The molecule has 0 aliphatic carbocycles. The van der Waals surface area contributed by atoms with Gasteiger partial charge in [0.15, 0.2) is 0 Å². The quantitative estimate of drug-likeness (QED) is 0.181. The summed E-state index contributed by atoms with van der Waals surface area (Å²) in [5.74, 6) is -0.626. The van der Waals surface area contributed by atoms with Gasteiger partial charge in [-0.15, -0.1) is 20.2 Å². The van der Waals surface area contributed by atoms with E-state index in [-0.39, 0.29) is 6.42 Å². The lowest BCUT2D eigenvalue weighted by atomic mass is 10.2. The van der Waals surface area contributed by atoms with Gasteiger partial charge < -0.3 is 14.4 Å². The minimum Gasteiger partial charge on any atom is -0.458 e. The predicted molar refractivity (Wildman–Crippen MR) is 64.4 cm³/mol. The van der Waals surface area contributed by atoms with Crippen molar-refractivity contribution in [3.05, 3.63) is 32.4 Å². The average molecular weight is 292 g/mol. The molecule has 0 saturated heterocycles. The van der Waals surface area contributed by atoms with Crippen molar-refractivity contribution in [3.8, 4) is 0 Å². The fraction of sp³-hybridized carbons (Fsp3) is 0.700. The molecule has 0 spiro atoms. The Kier molecular flexibility index (Phi) is 9.27. The minimum absolute atomic E-state index is 0.0950. The summed E-state index contributed by atoms with van der Waals surface area (Å²) < 4.78 is 4.81. The number of esters is 1. The van der Waals surface area contributed by atoms with E-state index in [1.807, 2.05) is 19.1 Å². The molecule has 0 aliphatic rings. The third kappa shape index (κ3) is 10.7. The van der Waals surface area contributed by atoms with Crippen molar-refractivity contribution < 1.29 is 29.4 Å². The average Bonchev–Trinajstić information content (AvgIpc) is 2.37. The highest BCUT2D eigenvalue weighted by Crippen LogP contribution is 2.03. The van der Waals surface area contributed by atoms with Gasteiger partial charge in [0.2, 0.25) is 0 Å². The second kappa shape index (κ2) is 10.5. The van der Waals surface area contributed by atoms with Crippen LogP contribution in [-0.4, -0.2) is 35.5 Å². The van der Waals surface area contributed by atoms with E-state index < -0.39 is 35.5 Å². The standard InChI is InChI=1S/C10H16N2O8/c1-2-3-4-5-6-10(13)20-9(7-18-11(14)15)8-19-12(16)17/h2-3,9H,4-8H2,1H3. The molecule has 0 N–H and O–H groups in total. The van der Waals surface area contributed by atoms with E-state index in [0.717, 1.165) is 0 Å². The van der Waals surface area contributed by atoms with Crippen LogP contribution >= 0.6 is 0 Å². The summed E-state index contributed by atoms with van der Waals surface area (Å²) in [7, 11) is 0. The smallest absolute Gasteiger partial charge is 0.306 e. The first-order chi connectivity index (χ1) is 9.45. The highest BCUT2D eigenvalue weighted by Gasteiger charge is 2.18. The molecule has 0 atom stereocenters. The van der Waals surface area contributed by atoms with Crippen molar-refractivity contribution in [2.24, 2.45) is 0 Å². The van der Waals surface area contributed by atoms with E-state index in [1.165, 1.54) is 0 Å². The third-order valence-corrected chi connectivity index (χ3v) is 2.02. The molecule has 0 bridgehead atoms. The summed E-state index contributed by atoms with van der Waals surface area (Å²) in [6, 6.07) is 0. The fourth-order valence-corrected chi connectivity index (χ4v) is 1.18. The van der Waals surface area contributed by atoms with E-state index in [1.54, 1.807) is 0 Å². The van der Waals surface area contributed by atoms with Crippen molar-refractivity contribution in [2.45, 2.75) is 32.3 Å². The van der Waals surface area contributed by atoms with Crippen LogP contribution in [0, 0.1) is 20.2 Å². The maximum absolute atomic E-state index is 11.4. The first-order valence-electron chi connectivity index (χ1n) is 5.81. The van der Waals surface area contributed by atoms with Gasteiger partial charge in [0.1, 0.15) is 19.3 Å². The predicted octanol–water partition coefficient (Wildman–Crippen LogP) is 1.06. The Bertz CT molecular complexity index is 339. The highest BCUT2D eigenvalue weighted by atomic mass is 17.0. The molecule has 0 unspecified atom stereocenters. The van der Waals surface area contributed by atoms with Crippen molar-refractivity contribution in [1.29, 1.82) is 0 Å². The number of carbonyl (C=O) groups is 1. The highest BCUT2D eigenvalue weighted by molar-refractivity contribution is 5.69. The summed E-state index contributed by atoms with van der Waals surface area (Å²) >= 11 is 0. The molecule has 20 heavy (non-hydrogen) atoms. The number of hydrogen-bond donors (Lipinski definition) is 0. The van der Waals surface area contributed by atoms with Crippen LogP contribution in [0.4, 0.5) is 0 Å². The van der Waals surface area contributed by atoms with Crippen molar-refractivity contribution in [3.63, 3.8) is 0 Å². The van der Waals surface area contributed by atoms with Gasteiger partial charge in [-0.05, 0) is 19.8 Å². The van der Waals surface area contributed by atoms with E-state index in [2.05, 4.69) is 9.68 Å². The fourth-order valence-electron chi connectivity index (χ4n) is 1.18. The second-order valence-corrected chi connectivity index (χ2v) is 3.61. The second-order valence-electron chi connectivity index (χ2n) is 3.61. The van der Waals surface area contributed by atoms with Crippen LogP contribution in [0.3, 0.4) is 0 Å². The van der Waals surface area contributed by atoms with Gasteiger partial charge in [0.25, 0.3) is 10.2 Å². The van der Waals surface area contributed by atoms with Gasteiger partial charge in [-0.25, -0.2) is 0 Å². The van der Waals surface area contributed by atoms with Crippen molar-refractivity contribution in [2.75, 3.05) is 13.2 Å². The van der Waals surface area contributed by atoms with Crippen molar-refractivity contribution >= 4 is 5.97 Å². The molecule has 0 amide bonds. The summed E-state index contributed by atoms with van der Waals surface area (Å²) in [4.78, 5) is 39.5. The normalized spacial score (nSPS) is 10.5. The lowest BCUT2D eigenvalue weighted by molar-refractivity contribution is -0.768. The Hall–Kier alpha value is -2.39. The van der Waals surface area contributed by atoms with Crippen LogP contribution in [-0.2, 0) is 19.2 Å². The molecule has 0 rings (SSSR count). The van der Waals surface area contributed by atoms with E-state index in [9.17, 15) is 25.0 Å². The number of carbonyl (C=O) groups excluding carboxylic acids is 1. The van der Waals surface area contributed by atoms with E-state index in [4.69, 9.17) is 4.74 Å². The lowest BCUT2D eigenvalue weighted by Gasteiger charge is -2.15. The van der Waals surface area contributed by atoms with Gasteiger partial charge in [-0.1, -0.05) is 12.2 Å². The minimum atomic E-state index is -1.21. The Morgan fingerprint density at radius 1 is 1.20 bits per heavy atom. The molecule has 10 heteroatoms. The number of allylic oxidation sites excluding steroid dienone is 2. The number of hydrogen-bond acceptors (Lipinski definition) is 8. The van der Waals surface area contributed by atoms with Crippen LogP contribution in [0.15, 0.2) is 12.2 Å². The molecular formula is C10H16N2O8. The van der Waals surface area contributed by atoms with Crippen LogP contribution < -0.4 is 0 Å². The topological polar surface area (TPSA) is 131 Å². The van der Waals surface area contributed by atoms with Gasteiger partial charge in [-0.3, -0.25) is 4.79 Å². The van der Waals surface area contributed by atoms with Crippen LogP contribution in [0.2, 0.25) is 0 Å². The summed E-state index contributed by atoms with van der Waals surface area (Å²) in [6.07, 6.45) is 3.83. The Morgan fingerprint density at radius 2 is 1.75 bits per heavy atom. The molecule has 0 heterocycles. The van der Waals surface area contributed by atoms with Gasteiger partial charge in [0, 0.05) is 6.42 Å². The maximum atomic E-state index is 11.4. The molecule has 0 aliphatic heterocycles. The van der Waals surface area contributed by atoms with Crippen LogP contribution in [0.5, 0.6) is 0 Å². The Morgan fingerprint density at radius 3 is 2.20 bits per heavy atom. The first-order valence-corrected chi connectivity index (χ1v) is 5.81.